The topological polar surface area (TPSA) is 58.6 Å². The van der Waals surface area contributed by atoms with Crippen LogP contribution in [0.3, 0.4) is 0 Å². The highest BCUT2D eigenvalue weighted by atomic mass is 32.2. The van der Waals surface area contributed by atoms with E-state index >= 15 is 0 Å². The summed E-state index contributed by atoms with van der Waals surface area (Å²) >= 11 is 6.28. The van der Waals surface area contributed by atoms with Crippen molar-refractivity contribution in [2.75, 3.05) is 18.5 Å². The number of anilines is 1. The summed E-state index contributed by atoms with van der Waals surface area (Å²) in [6.45, 7) is 1.84. The van der Waals surface area contributed by atoms with Crippen molar-refractivity contribution >= 4 is 45.9 Å². The van der Waals surface area contributed by atoms with Gasteiger partial charge in [-0.2, -0.15) is 0 Å². The molecule has 5 nitrogen and oxygen atoms in total. The van der Waals surface area contributed by atoms with Gasteiger partial charge in [-0.05, 0) is 19.1 Å². The van der Waals surface area contributed by atoms with Gasteiger partial charge in [-0.15, -0.1) is 0 Å². The lowest BCUT2D eigenvalue weighted by Crippen LogP contribution is -2.34. The van der Waals surface area contributed by atoms with Crippen molar-refractivity contribution in [1.29, 1.82) is 0 Å². The first kappa shape index (κ1) is 15.5. The number of carbonyl (C=O) groups is 2. The first-order chi connectivity index (χ1) is 10.1. The van der Waals surface area contributed by atoms with Crippen molar-refractivity contribution in [2.45, 2.75) is 6.92 Å². The molecule has 2 rings (SSSR count). The summed E-state index contributed by atoms with van der Waals surface area (Å²) in [5.74, 6) is -0.757. The Morgan fingerprint density at radius 2 is 2.14 bits per heavy atom. The zero-order valence-corrected chi connectivity index (χ0v) is 13.0. The van der Waals surface area contributed by atoms with Gasteiger partial charge in [-0.25, -0.2) is 0 Å². The van der Waals surface area contributed by atoms with Gasteiger partial charge in [0.15, 0.2) is 0 Å². The molecule has 0 unspecified atom stereocenters. The first-order valence-corrected chi connectivity index (χ1v) is 7.55. The zero-order chi connectivity index (χ0) is 15.2. The predicted molar refractivity (Wildman–Crippen MR) is 86.7 cm³/mol. The summed E-state index contributed by atoms with van der Waals surface area (Å²) in [5, 5.41) is 3.03. The highest BCUT2D eigenvalue weighted by Gasteiger charge is 2.33. The Hall–Kier alpha value is -1.86. The molecule has 0 aliphatic carbocycles. The summed E-state index contributed by atoms with van der Waals surface area (Å²) in [4.78, 5) is 25.3. The van der Waals surface area contributed by atoms with Crippen molar-refractivity contribution in [1.82, 2.24) is 4.90 Å². The Balaban J connectivity index is 2.02. The fourth-order valence-corrected chi connectivity index (χ4v) is 2.83. The normalized spacial score (nSPS) is 16.4. The Morgan fingerprint density at radius 1 is 1.43 bits per heavy atom. The molecule has 0 bridgehead atoms. The van der Waals surface area contributed by atoms with E-state index in [2.05, 4.69) is 5.32 Å². The second-order valence-electron chi connectivity index (χ2n) is 4.08. The largest absolute Gasteiger partial charge is 0.465 e. The van der Waals surface area contributed by atoms with E-state index in [0.717, 1.165) is 17.4 Å². The molecule has 0 saturated carbocycles. The third-order valence-electron chi connectivity index (χ3n) is 2.61. The van der Waals surface area contributed by atoms with Crippen molar-refractivity contribution in [2.24, 2.45) is 0 Å². The second-order valence-corrected chi connectivity index (χ2v) is 5.76. The Labute approximate surface area is 132 Å². The Kier molecular flexibility index (Phi) is 5.35. The van der Waals surface area contributed by atoms with Crippen LogP contribution < -0.4 is 5.32 Å². The number of thioether (sulfide) groups is 1. The molecular weight excluding hydrogens is 308 g/mol. The lowest BCUT2D eigenvalue weighted by molar-refractivity contribution is -0.145. The Bertz CT molecular complexity index is 587. The van der Waals surface area contributed by atoms with Crippen molar-refractivity contribution in [3.8, 4) is 0 Å². The fourth-order valence-electron chi connectivity index (χ4n) is 1.66. The quantitative estimate of drug-likeness (QED) is 0.510. The molecule has 0 atom stereocenters. The minimum Gasteiger partial charge on any atom is -0.465 e. The number of hydrogen-bond acceptors (Lipinski definition) is 6. The smallest absolute Gasteiger partial charge is 0.326 e. The van der Waals surface area contributed by atoms with Gasteiger partial charge in [0, 0.05) is 11.9 Å². The van der Waals surface area contributed by atoms with Crippen molar-refractivity contribution in [3.05, 3.63) is 41.4 Å². The number of nitrogens with zero attached hydrogens (tertiary/aromatic N) is 1. The molecule has 1 N–H and O–H groups in total. The molecule has 1 aromatic rings. The number of carbonyl (C=O) groups excluding carboxylic acids is 2. The van der Waals surface area contributed by atoms with E-state index in [9.17, 15) is 9.59 Å². The van der Waals surface area contributed by atoms with Gasteiger partial charge in [0.25, 0.3) is 5.91 Å². The van der Waals surface area contributed by atoms with Crippen LogP contribution in [-0.4, -0.2) is 34.2 Å². The van der Waals surface area contributed by atoms with Crippen molar-refractivity contribution < 1.29 is 14.3 Å². The van der Waals surface area contributed by atoms with E-state index < -0.39 is 5.97 Å². The number of amides is 1. The molecule has 1 saturated heterocycles. The predicted octanol–water partition coefficient (Wildman–Crippen LogP) is 2.36. The summed E-state index contributed by atoms with van der Waals surface area (Å²) in [6.07, 6.45) is 1.60. The Morgan fingerprint density at radius 3 is 2.81 bits per heavy atom. The lowest BCUT2D eigenvalue weighted by atomic mass is 10.3. The van der Waals surface area contributed by atoms with E-state index in [0.29, 0.717) is 9.23 Å². The van der Waals surface area contributed by atoms with Gasteiger partial charge in [-0.3, -0.25) is 14.5 Å². The number of nitrogens with one attached hydrogen (secondary N) is 1. The molecule has 0 radical (unpaired) electrons. The number of esters is 1. The van der Waals surface area contributed by atoms with E-state index in [1.54, 1.807) is 13.1 Å². The highest BCUT2D eigenvalue weighted by Crippen LogP contribution is 2.30. The highest BCUT2D eigenvalue weighted by molar-refractivity contribution is 8.26. The minimum atomic E-state index is -0.467. The average molecular weight is 322 g/mol. The maximum atomic E-state index is 12.2. The molecule has 0 spiro atoms. The van der Waals surface area contributed by atoms with Crippen LogP contribution in [0, 0.1) is 0 Å². The summed E-state index contributed by atoms with van der Waals surface area (Å²) in [5.41, 5.74) is 0.869. The number of rotatable bonds is 5. The van der Waals surface area contributed by atoms with Crippen LogP contribution in [-0.2, 0) is 14.3 Å². The molecule has 1 fully saturated rings. The van der Waals surface area contributed by atoms with Gasteiger partial charge in [0.05, 0.1) is 11.5 Å². The monoisotopic (exact) mass is 322 g/mol. The summed E-state index contributed by atoms with van der Waals surface area (Å²) < 4.78 is 5.18. The van der Waals surface area contributed by atoms with Crippen molar-refractivity contribution in [3.63, 3.8) is 0 Å². The van der Waals surface area contributed by atoms with E-state index in [1.807, 2.05) is 30.3 Å². The molecule has 21 heavy (non-hydrogen) atoms. The van der Waals surface area contributed by atoms with Gasteiger partial charge in [-0.1, -0.05) is 42.2 Å². The molecule has 1 aromatic carbocycles. The molecule has 1 heterocycles. The molecule has 1 aliphatic rings. The second kappa shape index (κ2) is 7.24. The third-order valence-corrected chi connectivity index (χ3v) is 3.99. The van der Waals surface area contributed by atoms with Crippen LogP contribution >= 0.6 is 24.0 Å². The molecule has 7 heteroatoms. The molecule has 110 valence electrons. The maximum Gasteiger partial charge on any atom is 0.326 e. The number of ether oxygens (including phenoxy) is 1. The van der Waals surface area contributed by atoms with Gasteiger partial charge < -0.3 is 10.1 Å². The number of benzene rings is 1. The van der Waals surface area contributed by atoms with Gasteiger partial charge >= 0.3 is 5.97 Å². The van der Waals surface area contributed by atoms with E-state index in [4.69, 9.17) is 17.0 Å². The maximum absolute atomic E-state index is 12.2. The number of para-hydroxylation sites is 1. The average Bonchev–Trinajstić information content (AvgIpc) is 2.74. The van der Waals surface area contributed by atoms with Crippen LogP contribution in [0.2, 0.25) is 0 Å². The van der Waals surface area contributed by atoms with Crippen LogP contribution in [0.25, 0.3) is 0 Å². The standard InChI is InChI=1S/C14H14N2O3S2/c1-2-19-12(17)9-16-13(18)11(21-14(16)20)8-15-10-6-4-3-5-7-10/h3-8,15H,2,9H2,1H3/b11-8-. The molecular formula is C14H14N2O3S2. The van der Waals surface area contributed by atoms with Crippen LogP contribution in [0.5, 0.6) is 0 Å². The molecule has 1 aliphatic heterocycles. The summed E-state index contributed by atoms with van der Waals surface area (Å²) in [6, 6.07) is 9.46. The molecule has 1 amide bonds. The zero-order valence-electron chi connectivity index (χ0n) is 11.4. The fraction of sp³-hybridized carbons (Fsp3) is 0.214. The van der Waals surface area contributed by atoms with Gasteiger partial charge in [0.1, 0.15) is 10.9 Å². The van der Waals surface area contributed by atoms with E-state index in [1.165, 1.54) is 4.90 Å². The lowest BCUT2D eigenvalue weighted by Gasteiger charge is -2.12. The van der Waals surface area contributed by atoms with Gasteiger partial charge in [0.2, 0.25) is 0 Å². The minimum absolute atomic E-state index is 0.152. The van der Waals surface area contributed by atoms with Crippen LogP contribution in [0.1, 0.15) is 6.92 Å². The first-order valence-electron chi connectivity index (χ1n) is 6.33. The third kappa shape index (κ3) is 4.05. The number of thiocarbonyl (C=S) groups is 1. The molecule has 0 aromatic heterocycles. The van der Waals surface area contributed by atoms with Crippen LogP contribution in [0.4, 0.5) is 5.69 Å². The SMILES string of the molecule is CCOC(=O)CN1C(=O)/C(=C/Nc2ccccc2)SC1=S. The number of hydrogen-bond donors (Lipinski definition) is 1. The summed E-state index contributed by atoms with van der Waals surface area (Å²) in [7, 11) is 0. The van der Waals surface area contributed by atoms with Crippen LogP contribution in [0.15, 0.2) is 41.4 Å². The van der Waals surface area contributed by atoms with E-state index in [-0.39, 0.29) is 19.1 Å².